The molecule has 2 aromatic heterocycles. The van der Waals surface area contributed by atoms with Crippen molar-refractivity contribution in [3.05, 3.63) is 53.7 Å². The van der Waals surface area contributed by atoms with Crippen LogP contribution in [-0.2, 0) is 0 Å². The minimum atomic E-state index is -1.17. The van der Waals surface area contributed by atoms with Crippen molar-refractivity contribution in [2.45, 2.75) is 6.10 Å². The van der Waals surface area contributed by atoms with Crippen LogP contribution in [0.3, 0.4) is 0 Å². The van der Waals surface area contributed by atoms with Crippen molar-refractivity contribution in [2.24, 2.45) is 0 Å². The van der Waals surface area contributed by atoms with Crippen molar-refractivity contribution in [1.82, 2.24) is 4.98 Å². The molecule has 82 valence electrons. The first-order valence-corrected chi connectivity index (χ1v) is 4.60. The topological polar surface area (TPSA) is 83.6 Å². The Morgan fingerprint density at radius 3 is 2.69 bits per heavy atom. The van der Waals surface area contributed by atoms with Crippen LogP contribution in [0.4, 0.5) is 0 Å². The van der Waals surface area contributed by atoms with Gasteiger partial charge in [-0.1, -0.05) is 6.07 Å². The van der Waals surface area contributed by atoms with Crippen LogP contribution in [0.5, 0.6) is 0 Å². The first-order chi connectivity index (χ1) is 7.68. The van der Waals surface area contributed by atoms with E-state index in [9.17, 15) is 9.90 Å². The van der Waals surface area contributed by atoms with Gasteiger partial charge in [0.15, 0.2) is 6.10 Å². The second-order valence-corrected chi connectivity index (χ2v) is 3.16. The highest BCUT2D eigenvalue weighted by Crippen LogP contribution is 2.21. The summed E-state index contributed by atoms with van der Waals surface area (Å²) >= 11 is 0. The Morgan fingerprint density at radius 1 is 1.31 bits per heavy atom. The summed E-state index contributed by atoms with van der Waals surface area (Å²) in [4.78, 5) is 14.5. The lowest BCUT2D eigenvalue weighted by Crippen LogP contribution is -2.00. The summed E-state index contributed by atoms with van der Waals surface area (Å²) in [6.45, 7) is 0. The number of carboxylic acid groups (broad SMARTS) is 1. The first-order valence-electron chi connectivity index (χ1n) is 4.60. The molecule has 0 bridgehead atoms. The second-order valence-electron chi connectivity index (χ2n) is 3.16. The number of furan rings is 1. The number of aliphatic hydroxyl groups excluding tert-OH is 1. The number of aromatic nitrogens is 1. The summed E-state index contributed by atoms with van der Waals surface area (Å²) in [6, 6.07) is 7.80. The van der Waals surface area contributed by atoms with E-state index in [2.05, 4.69) is 4.98 Å². The molecular formula is C11H9NO4. The number of aliphatic hydroxyl groups is 1. The van der Waals surface area contributed by atoms with Crippen molar-refractivity contribution in [2.75, 3.05) is 0 Å². The largest absolute Gasteiger partial charge is 0.475 e. The lowest BCUT2D eigenvalue weighted by atomic mass is 10.2. The monoisotopic (exact) mass is 219 g/mol. The quantitative estimate of drug-likeness (QED) is 0.816. The molecule has 1 unspecified atom stereocenters. The van der Waals surface area contributed by atoms with Gasteiger partial charge >= 0.3 is 5.97 Å². The van der Waals surface area contributed by atoms with E-state index in [4.69, 9.17) is 9.52 Å². The Balaban J connectivity index is 2.27. The van der Waals surface area contributed by atoms with E-state index < -0.39 is 12.1 Å². The van der Waals surface area contributed by atoms with E-state index in [0.717, 1.165) is 0 Å². The number of pyridine rings is 1. The van der Waals surface area contributed by atoms with Gasteiger partial charge < -0.3 is 14.6 Å². The molecule has 16 heavy (non-hydrogen) atoms. The molecule has 0 fully saturated rings. The average molecular weight is 219 g/mol. The standard InChI is InChI=1S/C11H9NO4/c13-10(7-3-1-2-6-12-7)8-4-5-9(16-8)11(14)15/h1-6,10,13H,(H,14,15). The van der Waals surface area contributed by atoms with Crippen LogP contribution in [-0.4, -0.2) is 21.2 Å². The summed E-state index contributed by atoms with van der Waals surface area (Å²) in [7, 11) is 0. The highest BCUT2D eigenvalue weighted by molar-refractivity contribution is 5.84. The van der Waals surface area contributed by atoms with Crippen LogP contribution in [0.1, 0.15) is 28.1 Å². The van der Waals surface area contributed by atoms with E-state index in [1.807, 2.05) is 0 Å². The molecule has 0 radical (unpaired) electrons. The fourth-order valence-corrected chi connectivity index (χ4v) is 1.30. The van der Waals surface area contributed by atoms with Gasteiger partial charge in [0.25, 0.3) is 0 Å². The maximum absolute atomic E-state index is 10.6. The van der Waals surface area contributed by atoms with Crippen LogP contribution in [0.15, 0.2) is 40.9 Å². The van der Waals surface area contributed by atoms with Gasteiger partial charge in [0.1, 0.15) is 5.76 Å². The maximum Gasteiger partial charge on any atom is 0.371 e. The van der Waals surface area contributed by atoms with Crippen LogP contribution >= 0.6 is 0 Å². The molecule has 2 N–H and O–H groups in total. The fraction of sp³-hybridized carbons (Fsp3) is 0.0909. The van der Waals surface area contributed by atoms with Crippen LogP contribution in [0.2, 0.25) is 0 Å². The highest BCUT2D eigenvalue weighted by Gasteiger charge is 2.17. The van der Waals surface area contributed by atoms with E-state index in [1.165, 1.54) is 12.1 Å². The molecule has 5 heteroatoms. The molecular weight excluding hydrogens is 210 g/mol. The molecule has 0 aliphatic heterocycles. The van der Waals surface area contributed by atoms with Crippen LogP contribution in [0.25, 0.3) is 0 Å². The fourth-order valence-electron chi connectivity index (χ4n) is 1.30. The summed E-state index contributed by atoms with van der Waals surface area (Å²) in [5.41, 5.74) is 0.411. The second kappa shape index (κ2) is 4.16. The van der Waals surface area contributed by atoms with Gasteiger partial charge in [0.2, 0.25) is 5.76 Å². The number of nitrogens with zero attached hydrogens (tertiary/aromatic N) is 1. The number of carbonyl (C=O) groups is 1. The number of aromatic carboxylic acids is 1. The van der Waals surface area contributed by atoms with E-state index in [-0.39, 0.29) is 11.5 Å². The summed E-state index contributed by atoms with van der Waals surface area (Å²) in [5.74, 6) is -1.21. The van der Waals surface area contributed by atoms with E-state index >= 15 is 0 Å². The normalized spacial score (nSPS) is 12.3. The summed E-state index contributed by atoms with van der Waals surface area (Å²) in [6.07, 6.45) is 0.494. The number of carboxylic acids is 1. The molecule has 0 aliphatic rings. The van der Waals surface area contributed by atoms with Gasteiger partial charge in [-0.25, -0.2) is 4.79 Å². The van der Waals surface area contributed by atoms with Crippen molar-refractivity contribution in [3.63, 3.8) is 0 Å². The van der Waals surface area contributed by atoms with E-state index in [0.29, 0.717) is 5.69 Å². The van der Waals surface area contributed by atoms with Crippen molar-refractivity contribution in [3.8, 4) is 0 Å². The van der Waals surface area contributed by atoms with E-state index in [1.54, 1.807) is 24.4 Å². The molecule has 0 saturated heterocycles. The Morgan fingerprint density at radius 2 is 2.12 bits per heavy atom. The molecule has 0 aliphatic carbocycles. The Bertz CT molecular complexity index is 492. The SMILES string of the molecule is O=C(O)c1ccc(C(O)c2ccccn2)o1. The third-order valence-electron chi connectivity index (χ3n) is 2.07. The molecule has 1 atom stereocenters. The van der Waals surface area contributed by atoms with Gasteiger partial charge in [-0.15, -0.1) is 0 Å². The number of rotatable bonds is 3. The molecule has 5 nitrogen and oxygen atoms in total. The predicted molar refractivity (Wildman–Crippen MR) is 54.0 cm³/mol. The van der Waals surface area contributed by atoms with Gasteiger partial charge in [-0.05, 0) is 24.3 Å². The van der Waals surface area contributed by atoms with Crippen LogP contribution in [0, 0.1) is 0 Å². The van der Waals surface area contributed by atoms with Gasteiger partial charge in [0.05, 0.1) is 5.69 Å². The average Bonchev–Trinajstić information content (AvgIpc) is 2.78. The molecule has 0 amide bonds. The van der Waals surface area contributed by atoms with Crippen molar-refractivity contribution >= 4 is 5.97 Å². The van der Waals surface area contributed by atoms with Crippen LogP contribution < -0.4 is 0 Å². The predicted octanol–water partition coefficient (Wildman–Crippen LogP) is 1.45. The third kappa shape index (κ3) is 1.94. The molecule has 2 rings (SSSR count). The van der Waals surface area contributed by atoms with Crippen molar-refractivity contribution in [1.29, 1.82) is 0 Å². The van der Waals surface area contributed by atoms with Gasteiger partial charge in [-0.2, -0.15) is 0 Å². The number of hydrogen-bond donors (Lipinski definition) is 2. The molecule has 0 aromatic carbocycles. The maximum atomic E-state index is 10.6. The Hall–Kier alpha value is -2.14. The molecule has 2 heterocycles. The zero-order valence-electron chi connectivity index (χ0n) is 8.20. The summed E-state index contributed by atoms with van der Waals surface area (Å²) in [5, 5.41) is 18.5. The molecule has 0 saturated carbocycles. The third-order valence-corrected chi connectivity index (χ3v) is 2.07. The number of hydrogen-bond acceptors (Lipinski definition) is 4. The molecule has 0 spiro atoms. The minimum Gasteiger partial charge on any atom is -0.475 e. The lowest BCUT2D eigenvalue weighted by molar-refractivity contribution is 0.0654. The van der Waals surface area contributed by atoms with Crippen molar-refractivity contribution < 1.29 is 19.4 Å². The smallest absolute Gasteiger partial charge is 0.371 e. The zero-order valence-corrected chi connectivity index (χ0v) is 8.20. The summed E-state index contributed by atoms with van der Waals surface area (Å²) < 4.78 is 4.97. The van der Waals surface area contributed by atoms with Gasteiger partial charge in [-0.3, -0.25) is 4.98 Å². The minimum absolute atomic E-state index is 0.163. The zero-order chi connectivity index (χ0) is 11.5. The highest BCUT2D eigenvalue weighted by atomic mass is 16.4. The first kappa shape index (κ1) is 10.4. The Kier molecular flexibility index (Phi) is 2.70. The van der Waals surface area contributed by atoms with Gasteiger partial charge in [0, 0.05) is 6.20 Å². The lowest BCUT2D eigenvalue weighted by Gasteiger charge is -2.05. The molecule has 2 aromatic rings. The Labute approximate surface area is 91.0 Å².